The fourth-order valence-electron chi connectivity index (χ4n) is 3.23. The number of rotatable bonds is 0. The highest BCUT2D eigenvalue weighted by Crippen LogP contribution is 2.57. The van der Waals surface area contributed by atoms with Gasteiger partial charge < -0.3 is 5.21 Å². The van der Waals surface area contributed by atoms with Crippen LogP contribution in [0.4, 0.5) is 0 Å². The fraction of sp³-hybridized carbons (Fsp3) is 0.500. The third-order valence-electron chi connectivity index (χ3n) is 3.72. The Kier molecular flexibility index (Phi) is 1.67. The van der Waals surface area contributed by atoms with Crippen LogP contribution in [0.15, 0.2) is 23.5 Å². The molecule has 1 aromatic rings. The van der Waals surface area contributed by atoms with Crippen molar-refractivity contribution in [2.45, 2.75) is 38.5 Å². The molecule has 1 aromatic heterocycles. The Bertz CT molecular complexity index is 461. The molecule has 15 heavy (non-hydrogen) atoms. The van der Waals surface area contributed by atoms with E-state index in [9.17, 15) is 5.21 Å². The molecule has 0 aromatic carbocycles. The number of fused-ring (bicyclic) bond motifs is 5. The molecule has 3 nitrogen and oxygen atoms in total. The maximum absolute atomic E-state index is 11.2. The first-order chi connectivity index (χ1) is 7.18. The van der Waals surface area contributed by atoms with Crippen LogP contribution in [0, 0.1) is 5.21 Å². The van der Waals surface area contributed by atoms with Crippen LogP contribution >= 0.6 is 0 Å². The van der Waals surface area contributed by atoms with Gasteiger partial charge in [0.15, 0.2) is 0 Å². The van der Waals surface area contributed by atoms with Crippen LogP contribution in [0.25, 0.3) is 0 Å². The second kappa shape index (κ2) is 2.81. The lowest BCUT2D eigenvalue weighted by Crippen LogP contribution is -2.31. The van der Waals surface area contributed by atoms with Gasteiger partial charge in [-0.1, -0.05) is 16.0 Å². The number of nitrogens with zero attached hydrogens (tertiary/aromatic N) is 2. The summed E-state index contributed by atoms with van der Waals surface area (Å²) in [5.41, 5.74) is 5.45. The van der Waals surface area contributed by atoms with Crippen LogP contribution in [0.3, 0.4) is 0 Å². The highest BCUT2D eigenvalue weighted by molar-refractivity contribution is 5.51. The molecule has 0 spiro atoms. The first-order valence-electron chi connectivity index (χ1n) is 5.45. The second-order valence-corrected chi connectivity index (χ2v) is 4.72. The summed E-state index contributed by atoms with van der Waals surface area (Å²) in [4.78, 5) is 0.683. The number of aromatic nitrogens is 2. The lowest BCUT2D eigenvalue weighted by atomic mass is 9.95. The summed E-state index contributed by atoms with van der Waals surface area (Å²) in [7, 11) is 0. The smallest absolute Gasteiger partial charge is 0.213 e. The van der Waals surface area contributed by atoms with E-state index >= 15 is 0 Å². The average molecular weight is 202 g/mol. The minimum absolute atomic E-state index is 0.498. The minimum atomic E-state index is 0.498. The lowest BCUT2D eigenvalue weighted by Gasteiger charge is -2.10. The van der Waals surface area contributed by atoms with Gasteiger partial charge in [-0.3, -0.25) is 0 Å². The van der Waals surface area contributed by atoms with E-state index in [1.165, 1.54) is 35.1 Å². The molecule has 0 N–H and O–H groups in total. The van der Waals surface area contributed by atoms with Crippen molar-refractivity contribution in [1.29, 1.82) is 0 Å². The Hall–Kier alpha value is -1.38. The van der Waals surface area contributed by atoms with Crippen LogP contribution in [-0.2, 0) is 0 Å². The van der Waals surface area contributed by atoms with Crippen molar-refractivity contribution >= 4 is 0 Å². The molecule has 1 fully saturated rings. The molecule has 2 bridgehead atoms. The van der Waals surface area contributed by atoms with Crippen molar-refractivity contribution in [3.05, 3.63) is 39.9 Å². The van der Waals surface area contributed by atoms with Crippen LogP contribution in [0.1, 0.15) is 49.7 Å². The summed E-state index contributed by atoms with van der Waals surface area (Å²) in [6, 6.07) is 0. The van der Waals surface area contributed by atoms with Crippen molar-refractivity contribution in [1.82, 2.24) is 5.10 Å². The first kappa shape index (κ1) is 8.89. The van der Waals surface area contributed by atoms with Gasteiger partial charge in [-0.2, -0.15) is 0 Å². The topological polar surface area (TPSA) is 39.8 Å². The Balaban J connectivity index is 2.22. The number of allylic oxidation sites excluding steroid dienone is 2. The van der Waals surface area contributed by atoms with E-state index < -0.39 is 0 Å². The normalized spacial score (nSPS) is 26.9. The molecule has 3 heteroatoms. The third kappa shape index (κ3) is 1.06. The van der Waals surface area contributed by atoms with E-state index in [-0.39, 0.29) is 0 Å². The summed E-state index contributed by atoms with van der Waals surface area (Å²) in [5.74, 6) is 1.04. The maximum Gasteiger partial charge on any atom is 0.213 e. The molecule has 2 aliphatic rings. The molecule has 2 unspecified atom stereocenters. The third-order valence-corrected chi connectivity index (χ3v) is 3.72. The van der Waals surface area contributed by atoms with E-state index in [1.807, 2.05) is 0 Å². The maximum atomic E-state index is 11.2. The highest BCUT2D eigenvalue weighted by Gasteiger charge is 2.43. The van der Waals surface area contributed by atoms with E-state index in [4.69, 9.17) is 0 Å². The molecule has 2 atom stereocenters. The number of hydrogen-bond acceptors (Lipinski definition) is 2. The summed E-state index contributed by atoms with van der Waals surface area (Å²) >= 11 is 0. The predicted octanol–water partition coefficient (Wildman–Crippen LogP) is 2.03. The zero-order valence-corrected chi connectivity index (χ0v) is 9.03. The van der Waals surface area contributed by atoms with Crippen molar-refractivity contribution in [3.8, 4) is 0 Å². The van der Waals surface area contributed by atoms with Gasteiger partial charge >= 0.3 is 0 Å². The molecule has 78 valence electrons. The molecular weight excluding hydrogens is 188 g/mol. The molecular formula is C12H14N2O. The molecule has 0 aliphatic heterocycles. The standard InChI is InChI=1S/C12H14N2O/c1-7(2)12-8-3-4-9(12)11-6-14(15)13-5-10(8)11/h5-6,8-9H,3-4H2,1-2H3. The van der Waals surface area contributed by atoms with Crippen LogP contribution in [0.5, 0.6) is 0 Å². The molecule has 0 saturated heterocycles. The minimum Gasteiger partial charge on any atom is -0.594 e. The van der Waals surface area contributed by atoms with Gasteiger partial charge in [-0.15, -0.1) is 0 Å². The summed E-state index contributed by atoms with van der Waals surface area (Å²) in [5, 5.41) is 15.0. The molecule has 3 rings (SSSR count). The lowest BCUT2D eigenvalue weighted by molar-refractivity contribution is -0.669. The van der Waals surface area contributed by atoms with Crippen molar-refractivity contribution < 1.29 is 4.85 Å². The van der Waals surface area contributed by atoms with Gasteiger partial charge in [0.2, 0.25) is 6.20 Å². The van der Waals surface area contributed by atoms with Crippen molar-refractivity contribution in [2.24, 2.45) is 0 Å². The SMILES string of the molecule is CC(C)=C1C2CCC1c1c[n+]([O-])ncc12. The van der Waals surface area contributed by atoms with Gasteiger partial charge in [0.25, 0.3) is 0 Å². The van der Waals surface area contributed by atoms with Crippen LogP contribution in [-0.4, -0.2) is 5.10 Å². The van der Waals surface area contributed by atoms with E-state index in [0.29, 0.717) is 16.7 Å². The predicted molar refractivity (Wildman–Crippen MR) is 56.3 cm³/mol. The van der Waals surface area contributed by atoms with Gasteiger partial charge in [0.1, 0.15) is 6.20 Å². The second-order valence-electron chi connectivity index (χ2n) is 4.72. The van der Waals surface area contributed by atoms with Gasteiger partial charge in [-0.05, 0) is 32.3 Å². The van der Waals surface area contributed by atoms with Crippen molar-refractivity contribution in [3.63, 3.8) is 0 Å². The first-order valence-corrected chi connectivity index (χ1v) is 5.45. The van der Waals surface area contributed by atoms with Gasteiger partial charge in [0.05, 0.1) is 0 Å². The molecule has 1 heterocycles. The molecule has 1 saturated carbocycles. The zero-order chi connectivity index (χ0) is 10.6. The Morgan fingerprint density at radius 2 is 2.00 bits per heavy atom. The highest BCUT2D eigenvalue weighted by atomic mass is 16.5. The van der Waals surface area contributed by atoms with E-state index in [2.05, 4.69) is 18.9 Å². The Morgan fingerprint density at radius 1 is 1.33 bits per heavy atom. The summed E-state index contributed by atoms with van der Waals surface area (Å²) in [6.07, 6.45) is 5.84. The van der Waals surface area contributed by atoms with Crippen molar-refractivity contribution in [2.75, 3.05) is 0 Å². The largest absolute Gasteiger partial charge is 0.594 e. The summed E-state index contributed by atoms with van der Waals surface area (Å²) in [6.45, 7) is 4.34. The van der Waals surface area contributed by atoms with Crippen LogP contribution < -0.4 is 4.85 Å². The molecule has 0 radical (unpaired) electrons. The molecule has 2 aliphatic carbocycles. The quantitative estimate of drug-likeness (QED) is 0.367. The average Bonchev–Trinajstić information content (AvgIpc) is 2.72. The molecule has 0 amide bonds. The van der Waals surface area contributed by atoms with Crippen LogP contribution in [0.2, 0.25) is 0 Å². The van der Waals surface area contributed by atoms with E-state index in [0.717, 1.165) is 0 Å². The zero-order valence-electron chi connectivity index (χ0n) is 9.03. The summed E-state index contributed by atoms with van der Waals surface area (Å²) < 4.78 is 0. The van der Waals surface area contributed by atoms with Gasteiger partial charge in [0, 0.05) is 22.5 Å². The Morgan fingerprint density at radius 3 is 2.67 bits per heavy atom. The van der Waals surface area contributed by atoms with Gasteiger partial charge in [-0.25, -0.2) is 0 Å². The monoisotopic (exact) mass is 202 g/mol. The number of hydrogen-bond donors (Lipinski definition) is 0. The van der Waals surface area contributed by atoms with E-state index in [1.54, 1.807) is 12.4 Å². The fourth-order valence-corrected chi connectivity index (χ4v) is 3.23. The Labute approximate surface area is 89.0 Å².